The molecule has 0 unspecified atom stereocenters. The summed E-state index contributed by atoms with van der Waals surface area (Å²) in [5.41, 5.74) is 2.85. The van der Waals surface area contributed by atoms with Gasteiger partial charge in [0.15, 0.2) is 5.03 Å². The number of carbonyl (C=O) groups excluding carboxylic acids is 1. The number of rotatable bonds is 2. The van der Waals surface area contributed by atoms with E-state index < -0.39 is 10.9 Å². The van der Waals surface area contributed by atoms with Gasteiger partial charge >= 0.3 is 5.91 Å². The van der Waals surface area contributed by atoms with Crippen molar-refractivity contribution >= 4 is 5.91 Å². The van der Waals surface area contributed by atoms with Gasteiger partial charge in [-0.3, -0.25) is 4.79 Å². The molecule has 0 aliphatic carbocycles. The predicted molar refractivity (Wildman–Crippen MR) is 39.9 cm³/mol. The third-order valence-electron chi connectivity index (χ3n) is 1.19. The summed E-state index contributed by atoms with van der Waals surface area (Å²) in [6.07, 6.45) is 0. The summed E-state index contributed by atoms with van der Waals surface area (Å²) in [6.45, 7) is 0. The van der Waals surface area contributed by atoms with Crippen molar-refractivity contribution in [3.05, 3.63) is 46.0 Å². The van der Waals surface area contributed by atoms with Crippen LogP contribution in [-0.4, -0.2) is 10.9 Å². The molecule has 0 aliphatic heterocycles. The normalized spacial score (nSPS) is 9.00. The van der Waals surface area contributed by atoms with Crippen molar-refractivity contribution in [3.63, 3.8) is 0 Å². The van der Waals surface area contributed by atoms with Gasteiger partial charge < -0.3 is 0 Å². The Morgan fingerprint density at radius 1 is 1.33 bits per heavy atom. The standard InChI is InChI=1S/C7H5N2O3/c10-7(8-9(11)12)6-4-2-1-3-5-6/h1-5H. The highest BCUT2D eigenvalue weighted by atomic mass is 16.7. The molecule has 1 radical (unpaired) electrons. The van der Waals surface area contributed by atoms with E-state index in [0.29, 0.717) is 0 Å². The van der Waals surface area contributed by atoms with Crippen LogP contribution in [0, 0.1) is 10.1 Å². The fourth-order valence-corrected chi connectivity index (χ4v) is 0.713. The maximum Gasteiger partial charge on any atom is 0.345 e. The Morgan fingerprint density at radius 2 is 1.92 bits per heavy atom. The second kappa shape index (κ2) is 3.47. The quantitative estimate of drug-likeness (QED) is 0.476. The van der Waals surface area contributed by atoms with Crippen LogP contribution in [0.25, 0.3) is 0 Å². The van der Waals surface area contributed by atoms with Crippen LogP contribution in [0.4, 0.5) is 0 Å². The maximum absolute atomic E-state index is 10.8. The second-order valence-corrected chi connectivity index (χ2v) is 2.01. The Labute approximate surface area is 68.1 Å². The smallest absolute Gasteiger partial charge is 0.260 e. The highest BCUT2D eigenvalue weighted by Gasteiger charge is 2.13. The third kappa shape index (κ3) is 2.05. The molecule has 1 aromatic carbocycles. The summed E-state index contributed by atoms with van der Waals surface area (Å²) >= 11 is 0. The molecule has 1 rings (SSSR count). The molecule has 1 amide bonds. The monoisotopic (exact) mass is 165 g/mol. The van der Waals surface area contributed by atoms with E-state index in [9.17, 15) is 14.9 Å². The van der Waals surface area contributed by atoms with E-state index in [4.69, 9.17) is 0 Å². The summed E-state index contributed by atoms with van der Waals surface area (Å²) < 4.78 is 0. The molecule has 5 nitrogen and oxygen atoms in total. The van der Waals surface area contributed by atoms with E-state index in [1.807, 2.05) is 0 Å². The lowest BCUT2D eigenvalue weighted by Crippen LogP contribution is -2.21. The molecule has 1 aromatic rings. The van der Waals surface area contributed by atoms with Crippen molar-refractivity contribution in [1.82, 2.24) is 5.43 Å². The Hall–Kier alpha value is -1.91. The van der Waals surface area contributed by atoms with Gasteiger partial charge in [0.05, 0.1) is 0 Å². The Kier molecular flexibility index (Phi) is 2.37. The third-order valence-corrected chi connectivity index (χ3v) is 1.19. The fourth-order valence-electron chi connectivity index (χ4n) is 0.713. The van der Waals surface area contributed by atoms with Crippen LogP contribution in [0.5, 0.6) is 0 Å². The fraction of sp³-hybridized carbons (Fsp3) is 0. The van der Waals surface area contributed by atoms with Crippen molar-refractivity contribution < 1.29 is 9.83 Å². The molecule has 61 valence electrons. The molecule has 0 fully saturated rings. The number of hydrogen-bond acceptors (Lipinski definition) is 3. The van der Waals surface area contributed by atoms with Gasteiger partial charge in [0.1, 0.15) is 5.43 Å². The Bertz CT molecular complexity index is 297. The maximum atomic E-state index is 10.8. The van der Waals surface area contributed by atoms with E-state index in [1.54, 1.807) is 18.2 Å². The summed E-state index contributed by atoms with van der Waals surface area (Å²) in [5, 5.41) is 8.80. The second-order valence-electron chi connectivity index (χ2n) is 2.01. The highest BCUT2D eigenvalue weighted by Crippen LogP contribution is 1.97. The van der Waals surface area contributed by atoms with Gasteiger partial charge in [-0.05, 0) is 12.1 Å². The number of nitrogens with zero attached hydrogens (tertiary/aromatic N) is 2. The van der Waals surface area contributed by atoms with Gasteiger partial charge in [-0.15, -0.1) is 0 Å². The van der Waals surface area contributed by atoms with E-state index in [0.717, 1.165) is 0 Å². The summed E-state index contributed by atoms with van der Waals surface area (Å²) in [4.78, 5) is 20.6. The molecule has 12 heavy (non-hydrogen) atoms. The summed E-state index contributed by atoms with van der Waals surface area (Å²) in [6, 6.07) is 7.87. The first-order valence-corrected chi connectivity index (χ1v) is 3.15. The molecule has 0 N–H and O–H groups in total. The lowest BCUT2D eigenvalue weighted by molar-refractivity contribution is -0.532. The Balaban J connectivity index is 2.73. The molecule has 0 atom stereocenters. The summed E-state index contributed by atoms with van der Waals surface area (Å²) in [5.74, 6) is -0.833. The zero-order valence-electron chi connectivity index (χ0n) is 6.01. The minimum Gasteiger partial charge on any atom is -0.260 e. The SMILES string of the molecule is O=C([N][N+](=O)[O-])c1ccccc1. The first-order valence-electron chi connectivity index (χ1n) is 3.15. The van der Waals surface area contributed by atoms with Gasteiger partial charge in [0, 0.05) is 5.56 Å². The van der Waals surface area contributed by atoms with E-state index >= 15 is 0 Å². The lowest BCUT2D eigenvalue weighted by atomic mass is 10.2. The first kappa shape index (κ1) is 8.19. The zero-order chi connectivity index (χ0) is 8.97. The van der Waals surface area contributed by atoms with Crippen LogP contribution < -0.4 is 5.43 Å². The highest BCUT2D eigenvalue weighted by molar-refractivity contribution is 5.92. The predicted octanol–water partition coefficient (Wildman–Crippen LogP) is 0.623. The number of nitro groups is 1. The van der Waals surface area contributed by atoms with Gasteiger partial charge in [-0.1, -0.05) is 18.2 Å². The van der Waals surface area contributed by atoms with Crippen LogP contribution in [0.15, 0.2) is 30.3 Å². The van der Waals surface area contributed by atoms with Crippen LogP contribution in [-0.2, 0) is 0 Å². The molecule has 0 bridgehead atoms. The zero-order valence-corrected chi connectivity index (χ0v) is 6.01. The van der Waals surface area contributed by atoms with E-state index in [1.165, 1.54) is 12.1 Å². The van der Waals surface area contributed by atoms with Crippen molar-refractivity contribution in [3.8, 4) is 0 Å². The topological polar surface area (TPSA) is 74.3 Å². The molecule has 0 aliphatic rings. The molecule has 5 heteroatoms. The van der Waals surface area contributed by atoms with Crippen molar-refractivity contribution in [2.24, 2.45) is 0 Å². The molecule has 0 heterocycles. The van der Waals surface area contributed by atoms with Crippen molar-refractivity contribution in [1.29, 1.82) is 0 Å². The number of amides is 1. The van der Waals surface area contributed by atoms with Gasteiger partial charge in [0.25, 0.3) is 0 Å². The average molecular weight is 165 g/mol. The first-order chi connectivity index (χ1) is 5.70. The van der Waals surface area contributed by atoms with Crippen LogP contribution >= 0.6 is 0 Å². The van der Waals surface area contributed by atoms with Crippen LogP contribution in [0.2, 0.25) is 0 Å². The Morgan fingerprint density at radius 3 is 2.42 bits per heavy atom. The van der Waals surface area contributed by atoms with Crippen LogP contribution in [0.3, 0.4) is 0 Å². The number of carbonyl (C=O) groups is 1. The molecule has 0 saturated carbocycles. The molecule has 0 saturated heterocycles. The number of benzene rings is 1. The van der Waals surface area contributed by atoms with Crippen LogP contribution in [0.1, 0.15) is 10.4 Å². The summed E-state index contributed by atoms with van der Waals surface area (Å²) in [7, 11) is 0. The van der Waals surface area contributed by atoms with Gasteiger partial charge in [-0.2, -0.15) is 0 Å². The minimum atomic E-state index is -1.00. The lowest BCUT2D eigenvalue weighted by Gasteiger charge is -1.91. The van der Waals surface area contributed by atoms with Gasteiger partial charge in [-0.25, -0.2) is 10.1 Å². The van der Waals surface area contributed by atoms with E-state index in [-0.39, 0.29) is 5.56 Å². The molecule has 0 spiro atoms. The number of hydrogen-bond donors (Lipinski definition) is 0. The van der Waals surface area contributed by atoms with Crippen molar-refractivity contribution in [2.75, 3.05) is 0 Å². The molecular weight excluding hydrogens is 160 g/mol. The van der Waals surface area contributed by atoms with Crippen molar-refractivity contribution in [2.45, 2.75) is 0 Å². The largest absolute Gasteiger partial charge is 0.345 e. The van der Waals surface area contributed by atoms with Gasteiger partial charge in [0.2, 0.25) is 0 Å². The average Bonchev–Trinajstić information content (AvgIpc) is 2.05. The van der Waals surface area contributed by atoms with E-state index in [2.05, 4.69) is 5.43 Å². The molecular formula is C7H5N2O3. The minimum absolute atomic E-state index is 0.217. The molecule has 0 aromatic heterocycles.